The topological polar surface area (TPSA) is 44.5 Å². The monoisotopic (exact) mass is 249 g/mol. The van der Waals surface area contributed by atoms with Crippen molar-refractivity contribution >= 4 is 7.12 Å². The van der Waals surface area contributed by atoms with Gasteiger partial charge in [-0.05, 0) is 43.4 Å². The van der Waals surface area contributed by atoms with Crippen molar-refractivity contribution < 1.29 is 9.31 Å². The Morgan fingerprint density at radius 1 is 1.44 bits per heavy atom. The summed E-state index contributed by atoms with van der Waals surface area (Å²) in [6.45, 7) is 10.7. The van der Waals surface area contributed by atoms with E-state index in [0.29, 0.717) is 11.3 Å². The molecule has 2 N–H and O–H groups in total. The first kappa shape index (κ1) is 12.7. The van der Waals surface area contributed by atoms with E-state index in [1.54, 1.807) is 0 Å². The van der Waals surface area contributed by atoms with E-state index >= 15 is 0 Å². The molecule has 4 rings (SSSR count). The van der Waals surface area contributed by atoms with E-state index in [1.165, 1.54) is 6.42 Å². The zero-order chi connectivity index (χ0) is 13.1. The average Bonchev–Trinajstić information content (AvgIpc) is 2.65. The molecule has 5 unspecified atom stereocenters. The second kappa shape index (κ2) is 3.84. The van der Waals surface area contributed by atoms with Gasteiger partial charge in [0.05, 0.1) is 11.7 Å². The van der Waals surface area contributed by atoms with Crippen molar-refractivity contribution in [1.29, 1.82) is 0 Å². The molecule has 4 fully saturated rings. The van der Waals surface area contributed by atoms with Gasteiger partial charge in [-0.1, -0.05) is 19.9 Å². The molecule has 3 nitrogen and oxygen atoms in total. The maximum atomic E-state index is 6.26. The van der Waals surface area contributed by atoms with Crippen LogP contribution in [0, 0.1) is 17.3 Å². The fourth-order valence-electron chi connectivity index (χ4n) is 4.39. The van der Waals surface area contributed by atoms with Crippen molar-refractivity contribution in [3.8, 4) is 0 Å². The predicted molar refractivity (Wildman–Crippen MR) is 72.9 cm³/mol. The van der Waals surface area contributed by atoms with Crippen LogP contribution in [0.15, 0.2) is 12.7 Å². The van der Waals surface area contributed by atoms with E-state index in [-0.39, 0.29) is 24.8 Å². The SMILES string of the molecule is C=CCC(N)B1OC2CC3CC(C3(C)C)C2(C)O1. The minimum absolute atomic E-state index is 0.0924. The lowest BCUT2D eigenvalue weighted by molar-refractivity contribution is -0.199. The Labute approximate surface area is 110 Å². The van der Waals surface area contributed by atoms with Gasteiger partial charge >= 0.3 is 7.12 Å². The third kappa shape index (κ3) is 1.49. The fraction of sp³-hybridized carbons (Fsp3) is 0.857. The molecule has 0 spiro atoms. The van der Waals surface area contributed by atoms with Crippen LogP contribution in [0.1, 0.15) is 40.0 Å². The zero-order valence-electron chi connectivity index (χ0n) is 11.7. The smallest absolute Gasteiger partial charge is 0.404 e. The largest absolute Gasteiger partial charge is 0.475 e. The Kier molecular flexibility index (Phi) is 2.71. The van der Waals surface area contributed by atoms with Crippen LogP contribution < -0.4 is 5.73 Å². The highest BCUT2D eigenvalue weighted by Crippen LogP contribution is 2.65. The van der Waals surface area contributed by atoms with E-state index in [1.807, 2.05) is 6.08 Å². The third-order valence-corrected chi connectivity index (χ3v) is 5.76. The molecule has 0 aromatic rings. The van der Waals surface area contributed by atoms with Crippen molar-refractivity contribution in [1.82, 2.24) is 0 Å². The summed E-state index contributed by atoms with van der Waals surface area (Å²) < 4.78 is 12.3. The summed E-state index contributed by atoms with van der Waals surface area (Å²) in [5.74, 6) is 1.30. The van der Waals surface area contributed by atoms with Crippen molar-refractivity contribution in [2.24, 2.45) is 23.0 Å². The summed E-state index contributed by atoms with van der Waals surface area (Å²) in [6, 6.07) is 0. The van der Waals surface area contributed by atoms with Gasteiger partial charge in [-0.2, -0.15) is 0 Å². The third-order valence-electron chi connectivity index (χ3n) is 5.76. The van der Waals surface area contributed by atoms with Gasteiger partial charge in [-0.3, -0.25) is 0 Å². The molecule has 2 bridgehead atoms. The minimum Gasteiger partial charge on any atom is -0.404 e. The number of hydrogen-bond acceptors (Lipinski definition) is 3. The maximum Gasteiger partial charge on any atom is 0.475 e. The molecule has 4 heteroatoms. The average molecular weight is 249 g/mol. The van der Waals surface area contributed by atoms with E-state index in [4.69, 9.17) is 15.0 Å². The standard InChI is InChI=1S/C14H24BNO2/c1-5-6-12(16)15-17-11-8-9-7-10(13(9,2)3)14(11,4)18-15/h5,9-12H,1,6-8,16H2,2-4H3. The van der Waals surface area contributed by atoms with Crippen LogP contribution in [0.3, 0.4) is 0 Å². The number of rotatable bonds is 3. The van der Waals surface area contributed by atoms with Gasteiger partial charge in [0.15, 0.2) is 0 Å². The summed E-state index contributed by atoms with van der Waals surface area (Å²) in [4.78, 5) is 0. The first-order valence-corrected chi connectivity index (χ1v) is 7.09. The predicted octanol–water partition coefficient (Wildman–Crippen LogP) is 2.16. The summed E-state index contributed by atoms with van der Waals surface area (Å²) in [7, 11) is -0.256. The summed E-state index contributed by atoms with van der Waals surface area (Å²) in [5, 5.41) is 0. The Morgan fingerprint density at radius 3 is 2.78 bits per heavy atom. The van der Waals surface area contributed by atoms with Crippen LogP contribution >= 0.6 is 0 Å². The summed E-state index contributed by atoms with van der Waals surface area (Å²) >= 11 is 0. The first-order valence-electron chi connectivity index (χ1n) is 7.09. The Hall–Kier alpha value is -0.315. The normalized spacial score (nSPS) is 46.2. The highest BCUT2D eigenvalue weighted by atomic mass is 16.7. The van der Waals surface area contributed by atoms with Gasteiger partial charge in [0.2, 0.25) is 0 Å². The molecule has 1 saturated heterocycles. The first-order chi connectivity index (χ1) is 8.39. The van der Waals surface area contributed by atoms with Gasteiger partial charge < -0.3 is 15.0 Å². The van der Waals surface area contributed by atoms with Crippen molar-refractivity contribution in [3.63, 3.8) is 0 Å². The number of nitrogens with two attached hydrogens (primary N) is 1. The second-order valence-corrected chi connectivity index (χ2v) is 7.03. The molecular formula is C14H24BNO2. The lowest BCUT2D eigenvalue weighted by Gasteiger charge is -2.64. The van der Waals surface area contributed by atoms with E-state index in [0.717, 1.165) is 18.8 Å². The molecule has 18 heavy (non-hydrogen) atoms. The van der Waals surface area contributed by atoms with Gasteiger partial charge in [-0.15, -0.1) is 6.58 Å². The molecule has 0 aromatic carbocycles. The van der Waals surface area contributed by atoms with Crippen molar-refractivity contribution in [2.45, 2.75) is 57.7 Å². The van der Waals surface area contributed by atoms with Gasteiger partial charge in [-0.25, -0.2) is 0 Å². The van der Waals surface area contributed by atoms with Crippen LogP contribution in [0.2, 0.25) is 0 Å². The lowest BCUT2D eigenvalue weighted by atomic mass is 9.43. The Balaban J connectivity index is 1.78. The summed E-state index contributed by atoms with van der Waals surface area (Å²) in [5.41, 5.74) is 6.37. The minimum atomic E-state index is -0.256. The fourth-order valence-corrected chi connectivity index (χ4v) is 4.39. The van der Waals surface area contributed by atoms with E-state index < -0.39 is 0 Å². The molecule has 1 aliphatic heterocycles. The highest BCUT2D eigenvalue weighted by molar-refractivity contribution is 6.47. The molecule has 0 aromatic heterocycles. The van der Waals surface area contributed by atoms with Crippen LogP contribution in [0.25, 0.3) is 0 Å². The highest BCUT2D eigenvalue weighted by Gasteiger charge is 2.68. The second-order valence-electron chi connectivity index (χ2n) is 7.03. The van der Waals surface area contributed by atoms with Crippen LogP contribution in [-0.4, -0.2) is 24.8 Å². The van der Waals surface area contributed by atoms with Crippen LogP contribution in [-0.2, 0) is 9.31 Å². The Bertz CT molecular complexity index is 373. The van der Waals surface area contributed by atoms with Crippen molar-refractivity contribution in [2.75, 3.05) is 0 Å². The van der Waals surface area contributed by atoms with E-state index in [2.05, 4.69) is 27.4 Å². The molecule has 1 heterocycles. The number of hydrogen-bond donors (Lipinski definition) is 1. The lowest BCUT2D eigenvalue weighted by Crippen LogP contribution is -2.65. The molecule has 3 aliphatic carbocycles. The van der Waals surface area contributed by atoms with E-state index in [9.17, 15) is 0 Å². The van der Waals surface area contributed by atoms with Gasteiger partial charge in [0.1, 0.15) is 0 Å². The molecule has 0 radical (unpaired) electrons. The molecule has 5 atom stereocenters. The quantitative estimate of drug-likeness (QED) is 0.615. The molecule has 3 saturated carbocycles. The maximum absolute atomic E-state index is 6.26. The van der Waals surface area contributed by atoms with Crippen molar-refractivity contribution in [3.05, 3.63) is 12.7 Å². The molecular weight excluding hydrogens is 225 g/mol. The van der Waals surface area contributed by atoms with Gasteiger partial charge in [0.25, 0.3) is 0 Å². The van der Waals surface area contributed by atoms with Crippen LogP contribution in [0.4, 0.5) is 0 Å². The van der Waals surface area contributed by atoms with Gasteiger partial charge in [0, 0.05) is 5.94 Å². The Morgan fingerprint density at radius 2 is 2.17 bits per heavy atom. The molecule has 4 aliphatic rings. The molecule has 100 valence electrons. The zero-order valence-corrected chi connectivity index (χ0v) is 11.7. The molecule has 0 amide bonds. The summed E-state index contributed by atoms with van der Waals surface area (Å²) in [6.07, 6.45) is 5.22. The van der Waals surface area contributed by atoms with Crippen LogP contribution in [0.5, 0.6) is 0 Å².